The minimum atomic E-state index is 0.451. The third kappa shape index (κ3) is 3.23. The van der Waals surface area contributed by atoms with Gasteiger partial charge in [0.15, 0.2) is 5.82 Å². The van der Waals surface area contributed by atoms with Gasteiger partial charge in [0, 0.05) is 38.1 Å². The van der Waals surface area contributed by atoms with E-state index < -0.39 is 0 Å². The van der Waals surface area contributed by atoms with Crippen molar-refractivity contribution in [3.05, 3.63) is 54.1 Å². The SMILES string of the molecule is Cc1ccc(N2CCC[C@@H](NCc3cn4ccccc4n3)C2)nn1. The first-order valence-corrected chi connectivity index (χ1v) is 8.49. The normalized spacial score (nSPS) is 18.2. The van der Waals surface area contributed by atoms with Gasteiger partial charge >= 0.3 is 0 Å². The Labute approximate surface area is 141 Å². The molecule has 3 aromatic heterocycles. The standard InChI is InChI=1S/C18H22N6/c1-14-7-8-18(22-21-14)24-10-4-5-15(12-24)19-11-16-13-23-9-3-2-6-17(23)20-16/h2-3,6-9,13,15,19H,4-5,10-12H2,1H3/t15-/m1/s1. The zero-order chi connectivity index (χ0) is 16.4. The van der Waals surface area contributed by atoms with Crippen LogP contribution < -0.4 is 10.2 Å². The minimum absolute atomic E-state index is 0.451. The Morgan fingerprint density at radius 3 is 3.00 bits per heavy atom. The number of aryl methyl sites for hydroxylation is 1. The predicted molar refractivity (Wildman–Crippen MR) is 94.0 cm³/mol. The summed E-state index contributed by atoms with van der Waals surface area (Å²) >= 11 is 0. The number of piperidine rings is 1. The van der Waals surface area contributed by atoms with E-state index >= 15 is 0 Å². The van der Waals surface area contributed by atoms with Crippen LogP contribution in [0.15, 0.2) is 42.7 Å². The molecule has 24 heavy (non-hydrogen) atoms. The van der Waals surface area contributed by atoms with E-state index in [9.17, 15) is 0 Å². The molecule has 0 saturated carbocycles. The van der Waals surface area contributed by atoms with Crippen LogP contribution in [-0.4, -0.2) is 38.7 Å². The lowest BCUT2D eigenvalue weighted by molar-refractivity contribution is 0.418. The van der Waals surface area contributed by atoms with Gasteiger partial charge in [0.1, 0.15) is 5.65 Å². The van der Waals surface area contributed by atoms with E-state index in [4.69, 9.17) is 0 Å². The minimum Gasteiger partial charge on any atom is -0.354 e. The van der Waals surface area contributed by atoms with Gasteiger partial charge in [0.25, 0.3) is 0 Å². The van der Waals surface area contributed by atoms with Crippen LogP contribution >= 0.6 is 0 Å². The number of fused-ring (bicyclic) bond motifs is 1. The van der Waals surface area contributed by atoms with Crippen LogP contribution in [0.5, 0.6) is 0 Å². The zero-order valence-corrected chi connectivity index (χ0v) is 13.9. The van der Waals surface area contributed by atoms with E-state index in [-0.39, 0.29) is 0 Å². The van der Waals surface area contributed by atoms with Crippen molar-refractivity contribution in [2.24, 2.45) is 0 Å². The molecule has 1 atom stereocenters. The molecule has 4 rings (SSSR count). The molecule has 1 aliphatic heterocycles. The highest BCUT2D eigenvalue weighted by Crippen LogP contribution is 2.17. The van der Waals surface area contributed by atoms with Gasteiger partial charge in [-0.1, -0.05) is 6.07 Å². The van der Waals surface area contributed by atoms with Crippen molar-refractivity contribution in [2.75, 3.05) is 18.0 Å². The number of rotatable bonds is 4. The van der Waals surface area contributed by atoms with Gasteiger partial charge < -0.3 is 14.6 Å². The van der Waals surface area contributed by atoms with Gasteiger partial charge in [-0.05, 0) is 44.0 Å². The first-order chi connectivity index (χ1) is 11.8. The highest BCUT2D eigenvalue weighted by atomic mass is 15.3. The summed E-state index contributed by atoms with van der Waals surface area (Å²) in [4.78, 5) is 6.97. The van der Waals surface area contributed by atoms with Gasteiger partial charge in [-0.3, -0.25) is 0 Å². The van der Waals surface area contributed by atoms with E-state index in [1.807, 2.05) is 37.4 Å². The molecule has 1 saturated heterocycles. The van der Waals surface area contributed by atoms with Crippen molar-refractivity contribution >= 4 is 11.5 Å². The second-order valence-corrected chi connectivity index (χ2v) is 6.40. The topological polar surface area (TPSA) is 58.4 Å². The molecular formula is C18H22N6. The van der Waals surface area contributed by atoms with Gasteiger partial charge in [-0.25, -0.2) is 4.98 Å². The van der Waals surface area contributed by atoms with Crippen LogP contribution in [0.3, 0.4) is 0 Å². The average Bonchev–Trinajstić information content (AvgIpc) is 3.04. The first-order valence-electron chi connectivity index (χ1n) is 8.49. The first kappa shape index (κ1) is 15.1. The van der Waals surface area contributed by atoms with Crippen LogP contribution in [0.1, 0.15) is 24.2 Å². The fourth-order valence-electron chi connectivity index (χ4n) is 3.23. The van der Waals surface area contributed by atoms with Gasteiger partial charge in [0.2, 0.25) is 0 Å². The number of hydrogen-bond donors (Lipinski definition) is 1. The fourth-order valence-corrected chi connectivity index (χ4v) is 3.23. The van der Waals surface area contributed by atoms with Gasteiger partial charge in [-0.15, -0.1) is 5.10 Å². The maximum Gasteiger partial charge on any atom is 0.151 e. The highest BCUT2D eigenvalue weighted by molar-refractivity contribution is 5.40. The molecule has 1 fully saturated rings. The van der Waals surface area contributed by atoms with Crippen LogP contribution in [-0.2, 0) is 6.54 Å². The third-order valence-electron chi connectivity index (χ3n) is 4.51. The van der Waals surface area contributed by atoms with E-state index in [1.54, 1.807) is 0 Å². The number of hydrogen-bond acceptors (Lipinski definition) is 5. The molecule has 6 heteroatoms. The van der Waals surface area contributed by atoms with E-state index in [1.165, 1.54) is 12.8 Å². The monoisotopic (exact) mass is 322 g/mol. The van der Waals surface area contributed by atoms with Crippen LogP contribution in [0.2, 0.25) is 0 Å². The Morgan fingerprint density at radius 1 is 1.21 bits per heavy atom. The lowest BCUT2D eigenvalue weighted by Crippen LogP contribution is -2.45. The Hall–Kier alpha value is -2.47. The van der Waals surface area contributed by atoms with Crippen molar-refractivity contribution in [1.29, 1.82) is 0 Å². The quantitative estimate of drug-likeness (QED) is 0.798. The molecule has 1 aliphatic rings. The summed E-state index contributed by atoms with van der Waals surface area (Å²) in [5.74, 6) is 0.972. The third-order valence-corrected chi connectivity index (χ3v) is 4.51. The van der Waals surface area contributed by atoms with E-state index in [0.717, 1.165) is 42.5 Å². The van der Waals surface area contributed by atoms with Crippen LogP contribution in [0.4, 0.5) is 5.82 Å². The molecule has 0 aromatic carbocycles. The molecule has 0 amide bonds. The molecule has 1 N–H and O–H groups in total. The largest absolute Gasteiger partial charge is 0.354 e. The molecule has 3 aromatic rings. The number of imidazole rings is 1. The van der Waals surface area contributed by atoms with Crippen molar-refractivity contribution in [3.63, 3.8) is 0 Å². The Balaban J connectivity index is 1.38. The Bertz CT molecular complexity index is 777. The summed E-state index contributed by atoms with van der Waals surface area (Å²) in [6.45, 7) is 4.77. The smallest absolute Gasteiger partial charge is 0.151 e. The second kappa shape index (κ2) is 6.57. The lowest BCUT2D eigenvalue weighted by Gasteiger charge is -2.33. The zero-order valence-electron chi connectivity index (χ0n) is 13.9. The molecule has 0 spiro atoms. The van der Waals surface area contributed by atoms with Crippen LogP contribution in [0.25, 0.3) is 5.65 Å². The summed E-state index contributed by atoms with van der Waals surface area (Å²) in [7, 11) is 0. The Morgan fingerprint density at radius 2 is 2.17 bits per heavy atom. The number of nitrogens with one attached hydrogen (secondary N) is 1. The number of anilines is 1. The molecule has 0 unspecified atom stereocenters. The van der Waals surface area contributed by atoms with Crippen molar-refractivity contribution in [2.45, 2.75) is 32.4 Å². The summed E-state index contributed by atoms with van der Waals surface area (Å²) in [5.41, 5.74) is 3.03. The number of pyridine rings is 1. The highest BCUT2D eigenvalue weighted by Gasteiger charge is 2.21. The average molecular weight is 322 g/mol. The maximum absolute atomic E-state index is 4.65. The molecule has 4 heterocycles. The summed E-state index contributed by atoms with van der Waals surface area (Å²) in [6.07, 6.45) is 6.47. The van der Waals surface area contributed by atoms with Crippen molar-refractivity contribution < 1.29 is 0 Å². The van der Waals surface area contributed by atoms with E-state index in [0.29, 0.717) is 6.04 Å². The molecule has 0 aliphatic carbocycles. The van der Waals surface area contributed by atoms with Crippen LogP contribution in [0, 0.1) is 6.92 Å². The fraction of sp³-hybridized carbons (Fsp3) is 0.389. The van der Waals surface area contributed by atoms with Gasteiger partial charge in [0.05, 0.1) is 11.4 Å². The maximum atomic E-state index is 4.65. The predicted octanol–water partition coefficient (Wildman–Crippen LogP) is 2.19. The number of nitrogens with zero attached hydrogens (tertiary/aromatic N) is 5. The molecule has 0 radical (unpaired) electrons. The molecule has 0 bridgehead atoms. The second-order valence-electron chi connectivity index (χ2n) is 6.40. The molecular weight excluding hydrogens is 300 g/mol. The Kier molecular flexibility index (Phi) is 4.13. The molecule has 124 valence electrons. The summed E-state index contributed by atoms with van der Waals surface area (Å²) in [6, 6.07) is 10.6. The summed E-state index contributed by atoms with van der Waals surface area (Å²) in [5, 5.41) is 12.1. The van der Waals surface area contributed by atoms with Crippen molar-refractivity contribution in [1.82, 2.24) is 24.9 Å². The van der Waals surface area contributed by atoms with Gasteiger partial charge in [-0.2, -0.15) is 5.10 Å². The van der Waals surface area contributed by atoms with E-state index in [2.05, 4.69) is 42.1 Å². The molecule has 6 nitrogen and oxygen atoms in total. The summed E-state index contributed by atoms with van der Waals surface area (Å²) < 4.78 is 2.06. The lowest BCUT2D eigenvalue weighted by atomic mass is 10.1. The van der Waals surface area contributed by atoms with Crippen molar-refractivity contribution in [3.8, 4) is 0 Å². The number of aromatic nitrogens is 4.